The summed E-state index contributed by atoms with van der Waals surface area (Å²) >= 11 is 0. The minimum absolute atomic E-state index is 0.342. The van der Waals surface area contributed by atoms with Crippen molar-refractivity contribution in [2.45, 2.75) is 17.8 Å². The average Bonchev–Trinajstić information content (AvgIpc) is 4.01. The van der Waals surface area contributed by atoms with Gasteiger partial charge in [-0.1, -0.05) is 212 Å². The standard InChI is InChI=1S/C69H47N/c1-68(52-23-9-4-10-24-52)62-29-15-11-25-56(62)60-39-37-55(45-67(60)68)70(53-35-33-48(34-36-53)51-42-49(46-19-5-2-6-20-46)41-50(43-51)47-21-7-3-8-22-47)54-38-40-66-61(44-54)59-28-14-18-32-65(59)69(66)63-30-16-12-26-57(63)58-27-13-17-31-64(58)69/h2-45H,1H3. The molecular weight excluding hydrogens is 843 g/mol. The number of benzene rings is 11. The lowest BCUT2D eigenvalue weighted by Gasteiger charge is -2.32. The lowest BCUT2D eigenvalue weighted by atomic mass is 9.70. The number of hydrogen-bond donors (Lipinski definition) is 0. The van der Waals surface area contributed by atoms with E-state index in [1.165, 1.54) is 106 Å². The van der Waals surface area contributed by atoms with Gasteiger partial charge in [-0.15, -0.1) is 0 Å². The molecule has 70 heavy (non-hydrogen) atoms. The summed E-state index contributed by atoms with van der Waals surface area (Å²) in [6, 6.07) is 99.4. The maximum Gasteiger partial charge on any atom is 0.0725 e. The van der Waals surface area contributed by atoms with E-state index >= 15 is 0 Å². The lowest BCUT2D eigenvalue weighted by Crippen LogP contribution is -2.25. The number of fused-ring (bicyclic) bond motifs is 13. The molecule has 11 aromatic carbocycles. The quantitative estimate of drug-likeness (QED) is 0.154. The molecule has 3 aliphatic rings. The summed E-state index contributed by atoms with van der Waals surface area (Å²) in [5, 5.41) is 0. The second-order valence-corrected chi connectivity index (χ2v) is 19.3. The van der Waals surface area contributed by atoms with Crippen LogP contribution in [0.4, 0.5) is 17.1 Å². The van der Waals surface area contributed by atoms with Gasteiger partial charge < -0.3 is 4.90 Å². The Balaban J connectivity index is 0.965. The summed E-state index contributed by atoms with van der Waals surface area (Å²) < 4.78 is 0. The van der Waals surface area contributed by atoms with E-state index in [2.05, 4.69) is 279 Å². The zero-order valence-corrected chi connectivity index (χ0v) is 38.9. The summed E-state index contributed by atoms with van der Waals surface area (Å²) in [6.45, 7) is 2.41. The van der Waals surface area contributed by atoms with Gasteiger partial charge in [0.05, 0.1) is 5.41 Å². The monoisotopic (exact) mass is 889 g/mol. The Morgan fingerprint density at radius 1 is 0.243 bits per heavy atom. The van der Waals surface area contributed by atoms with E-state index in [1.807, 2.05) is 0 Å². The van der Waals surface area contributed by atoms with E-state index in [0.29, 0.717) is 0 Å². The van der Waals surface area contributed by atoms with Crippen LogP contribution in [0.15, 0.2) is 267 Å². The molecule has 0 aromatic heterocycles. The molecule has 1 nitrogen and oxygen atoms in total. The van der Waals surface area contributed by atoms with Crippen molar-refractivity contribution in [2.24, 2.45) is 0 Å². The predicted octanol–water partition coefficient (Wildman–Crippen LogP) is 17.8. The fourth-order valence-electron chi connectivity index (χ4n) is 12.6. The third-order valence-corrected chi connectivity index (χ3v) is 15.8. The Labute approximate surface area is 410 Å². The van der Waals surface area contributed by atoms with Gasteiger partial charge in [0.1, 0.15) is 0 Å². The summed E-state index contributed by atoms with van der Waals surface area (Å²) in [5.74, 6) is 0. The minimum atomic E-state index is -0.409. The van der Waals surface area contributed by atoms with Crippen LogP contribution in [0.5, 0.6) is 0 Å². The van der Waals surface area contributed by atoms with Gasteiger partial charge in [-0.3, -0.25) is 0 Å². The highest BCUT2D eigenvalue weighted by atomic mass is 15.1. The maximum atomic E-state index is 2.48. The molecule has 11 aromatic rings. The summed E-state index contributed by atoms with van der Waals surface area (Å²) in [4.78, 5) is 2.48. The first-order chi connectivity index (χ1) is 34.6. The molecule has 328 valence electrons. The normalized spacial score (nSPS) is 15.1. The van der Waals surface area contributed by atoms with Crippen molar-refractivity contribution in [3.8, 4) is 66.8 Å². The molecule has 0 aliphatic heterocycles. The topological polar surface area (TPSA) is 3.24 Å². The van der Waals surface area contributed by atoms with Crippen LogP contribution in [0, 0.1) is 0 Å². The fourth-order valence-corrected chi connectivity index (χ4v) is 12.6. The van der Waals surface area contributed by atoms with Crippen molar-refractivity contribution in [2.75, 3.05) is 4.90 Å². The van der Waals surface area contributed by atoms with Crippen molar-refractivity contribution in [3.05, 3.63) is 306 Å². The Morgan fingerprint density at radius 3 is 1.16 bits per heavy atom. The van der Waals surface area contributed by atoms with Crippen LogP contribution in [-0.2, 0) is 10.8 Å². The number of hydrogen-bond acceptors (Lipinski definition) is 1. The smallest absolute Gasteiger partial charge is 0.0725 e. The molecule has 1 spiro atoms. The van der Waals surface area contributed by atoms with Crippen LogP contribution in [-0.4, -0.2) is 0 Å². The third kappa shape index (κ3) is 5.85. The van der Waals surface area contributed by atoms with E-state index < -0.39 is 5.41 Å². The molecule has 0 saturated carbocycles. The van der Waals surface area contributed by atoms with E-state index in [9.17, 15) is 0 Å². The first kappa shape index (κ1) is 40.3. The molecule has 3 aliphatic carbocycles. The zero-order chi connectivity index (χ0) is 46.4. The first-order valence-electron chi connectivity index (χ1n) is 24.5. The van der Waals surface area contributed by atoms with Gasteiger partial charge in [-0.2, -0.15) is 0 Å². The van der Waals surface area contributed by atoms with Crippen LogP contribution >= 0.6 is 0 Å². The van der Waals surface area contributed by atoms with Crippen molar-refractivity contribution in [1.82, 2.24) is 0 Å². The fraction of sp³-hybridized carbons (Fsp3) is 0.0435. The van der Waals surface area contributed by atoms with E-state index in [1.54, 1.807) is 0 Å². The zero-order valence-electron chi connectivity index (χ0n) is 38.9. The highest BCUT2D eigenvalue weighted by molar-refractivity contribution is 5.97. The van der Waals surface area contributed by atoms with Crippen LogP contribution < -0.4 is 4.90 Å². The van der Waals surface area contributed by atoms with Crippen molar-refractivity contribution >= 4 is 17.1 Å². The maximum absolute atomic E-state index is 2.48. The molecule has 0 bridgehead atoms. The molecule has 0 fully saturated rings. The lowest BCUT2D eigenvalue weighted by molar-refractivity contribution is 0.714. The van der Waals surface area contributed by atoms with Gasteiger partial charge >= 0.3 is 0 Å². The van der Waals surface area contributed by atoms with Gasteiger partial charge in [0.25, 0.3) is 0 Å². The highest BCUT2D eigenvalue weighted by Crippen LogP contribution is 2.63. The molecule has 14 rings (SSSR count). The largest absolute Gasteiger partial charge is 0.310 e. The number of rotatable bonds is 7. The first-order valence-corrected chi connectivity index (χ1v) is 24.5. The third-order valence-electron chi connectivity index (χ3n) is 15.8. The van der Waals surface area contributed by atoms with Crippen LogP contribution in [0.1, 0.15) is 45.9 Å². The summed E-state index contributed by atoms with van der Waals surface area (Å²) in [5.41, 5.74) is 26.9. The van der Waals surface area contributed by atoms with Crippen LogP contribution in [0.3, 0.4) is 0 Å². The van der Waals surface area contributed by atoms with Crippen molar-refractivity contribution < 1.29 is 0 Å². The van der Waals surface area contributed by atoms with Gasteiger partial charge in [0.2, 0.25) is 0 Å². The second kappa shape index (κ2) is 15.6. The molecule has 0 N–H and O–H groups in total. The Morgan fingerprint density at radius 2 is 0.614 bits per heavy atom. The summed E-state index contributed by atoms with van der Waals surface area (Å²) in [7, 11) is 0. The van der Waals surface area contributed by atoms with Gasteiger partial charge in [-0.25, -0.2) is 0 Å². The molecule has 1 heteroatoms. The van der Waals surface area contributed by atoms with Gasteiger partial charge in [-0.05, 0) is 167 Å². The molecule has 0 heterocycles. The average molecular weight is 890 g/mol. The SMILES string of the molecule is CC1(c2ccccc2)c2ccccc2-c2ccc(N(c3ccc(-c4cc(-c5ccccc5)cc(-c5ccccc5)c4)cc3)c3ccc4c(c3)-c3ccccc3C43c4ccccc4-c4ccccc43)cc21. The highest BCUT2D eigenvalue weighted by Gasteiger charge is 2.51. The van der Waals surface area contributed by atoms with Crippen LogP contribution in [0.25, 0.3) is 66.8 Å². The Kier molecular flexibility index (Phi) is 9.00. The molecule has 0 saturated heterocycles. The van der Waals surface area contributed by atoms with Crippen molar-refractivity contribution in [3.63, 3.8) is 0 Å². The van der Waals surface area contributed by atoms with Crippen molar-refractivity contribution in [1.29, 1.82) is 0 Å². The Bertz CT molecular complexity index is 3730. The van der Waals surface area contributed by atoms with E-state index in [4.69, 9.17) is 0 Å². The molecule has 1 unspecified atom stereocenters. The number of nitrogens with zero attached hydrogens (tertiary/aromatic N) is 1. The number of anilines is 3. The molecule has 0 amide bonds. The van der Waals surface area contributed by atoms with E-state index in [0.717, 1.165) is 17.1 Å². The van der Waals surface area contributed by atoms with E-state index in [-0.39, 0.29) is 5.41 Å². The molecular formula is C69H47N. The van der Waals surface area contributed by atoms with Crippen LogP contribution in [0.2, 0.25) is 0 Å². The molecule has 1 atom stereocenters. The Hall–Kier alpha value is -8.78. The minimum Gasteiger partial charge on any atom is -0.310 e. The predicted molar refractivity (Wildman–Crippen MR) is 291 cm³/mol. The second-order valence-electron chi connectivity index (χ2n) is 19.3. The molecule has 0 radical (unpaired) electrons. The summed E-state index contributed by atoms with van der Waals surface area (Å²) in [6.07, 6.45) is 0. The van der Waals surface area contributed by atoms with Gasteiger partial charge in [0, 0.05) is 22.5 Å². The van der Waals surface area contributed by atoms with Gasteiger partial charge in [0.15, 0.2) is 0 Å².